The molecule has 0 aliphatic carbocycles. The van der Waals surface area contributed by atoms with Crippen LogP contribution in [0.15, 0.2) is 0 Å². The first kappa shape index (κ1) is 4.77. The summed E-state index contributed by atoms with van der Waals surface area (Å²) in [4.78, 5) is 2.35. The van der Waals surface area contributed by atoms with Crippen molar-refractivity contribution in [2.24, 2.45) is 0 Å². The van der Waals surface area contributed by atoms with Crippen molar-refractivity contribution in [2.75, 3.05) is 13.6 Å². The second kappa shape index (κ2) is 1.25. The minimum atomic E-state index is 0.583. The van der Waals surface area contributed by atoms with Crippen molar-refractivity contribution in [2.45, 2.75) is 25.2 Å². The lowest BCUT2D eigenvalue weighted by Crippen LogP contribution is -2.27. The highest BCUT2D eigenvalue weighted by Gasteiger charge is 2.50. The zero-order valence-electron chi connectivity index (χ0n) is 5.29. The molecule has 8 heavy (non-hydrogen) atoms. The smallest absolute Gasteiger partial charge is 0.101 e. The highest BCUT2D eigenvalue weighted by atomic mass is 16.6. The van der Waals surface area contributed by atoms with Crippen LogP contribution < -0.4 is 0 Å². The first-order chi connectivity index (χ1) is 3.79. The highest BCUT2D eigenvalue weighted by Crippen LogP contribution is 2.34. The molecule has 2 saturated heterocycles. The molecule has 2 heteroatoms. The quantitative estimate of drug-likeness (QED) is 0.414. The summed E-state index contributed by atoms with van der Waals surface area (Å²) < 4.78 is 5.29. The van der Waals surface area contributed by atoms with E-state index in [9.17, 15) is 0 Å². The van der Waals surface area contributed by atoms with Gasteiger partial charge in [0.1, 0.15) is 6.10 Å². The molecule has 0 saturated carbocycles. The Bertz CT molecular complexity index is 113. The minimum absolute atomic E-state index is 0.583. The fourth-order valence-electron chi connectivity index (χ4n) is 1.43. The average Bonchev–Trinajstić information content (AvgIpc) is 2.39. The zero-order chi connectivity index (χ0) is 5.72. The molecule has 2 aliphatic heterocycles. The van der Waals surface area contributed by atoms with Gasteiger partial charge in [-0.05, 0) is 14.0 Å². The molecule has 0 aromatic rings. The predicted octanol–water partition coefficient (Wildman–Crippen LogP) is 0.0877. The van der Waals surface area contributed by atoms with E-state index in [1.165, 1.54) is 0 Å². The average molecular weight is 113 g/mol. The summed E-state index contributed by atoms with van der Waals surface area (Å²) >= 11 is 0. The van der Waals surface area contributed by atoms with Crippen LogP contribution >= 0.6 is 0 Å². The van der Waals surface area contributed by atoms with E-state index < -0.39 is 0 Å². The number of nitrogens with zero attached hydrogens (tertiary/aromatic N) is 1. The van der Waals surface area contributed by atoms with Crippen LogP contribution in [0.4, 0.5) is 0 Å². The Balaban J connectivity index is 2.08. The largest absolute Gasteiger partial charge is 0.366 e. The number of hydrogen-bond acceptors (Lipinski definition) is 2. The van der Waals surface area contributed by atoms with Crippen molar-refractivity contribution >= 4 is 0 Å². The van der Waals surface area contributed by atoms with E-state index in [0.717, 1.165) is 6.54 Å². The van der Waals surface area contributed by atoms with Gasteiger partial charge in [0.05, 0.1) is 6.10 Å². The van der Waals surface area contributed by atoms with Crippen molar-refractivity contribution in [1.82, 2.24) is 4.90 Å². The van der Waals surface area contributed by atoms with Crippen LogP contribution in [0.2, 0.25) is 0 Å². The van der Waals surface area contributed by atoms with Gasteiger partial charge in [-0.15, -0.1) is 0 Å². The molecule has 2 aliphatic rings. The van der Waals surface area contributed by atoms with Gasteiger partial charge in [0.25, 0.3) is 0 Å². The van der Waals surface area contributed by atoms with E-state index in [0.29, 0.717) is 18.2 Å². The SMILES string of the molecule is CC1C2OC2CN1C. The van der Waals surface area contributed by atoms with Crippen LogP contribution in [0.25, 0.3) is 0 Å². The summed E-state index contributed by atoms with van der Waals surface area (Å²) in [5, 5.41) is 0. The number of rotatable bonds is 0. The molecule has 3 unspecified atom stereocenters. The van der Waals surface area contributed by atoms with Gasteiger partial charge < -0.3 is 4.74 Å². The Morgan fingerprint density at radius 3 is 2.62 bits per heavy atom. The van der Waals surface area contributed by atoms with Gasteiger partial charge in [-0.25, -0.2) is 0 Å². The van der Waals surface area contributed by atoms with Crippen LogP contribution in [-0.4, -0.2) is 36.7 Å². The lowest BCUT2D eigenvalue weighted by atomic mass is 10.2. The van der Waals surface area contributed by atoms with Gasteiger partial charge in [-0.3, -0.25) is 4.90 Å². The molecule has 0 bridgehead atoms. The van der Waals surface area contributed by atoms with Gasteiger partial charge in [0.15, 0.2) is 0 Å². The fourth-order valence-corrected chi connectivity index (χ4v) is 1.43. The predicted molar refractivity (Wildman–Crippen MR) is 30.8 cm³/mol. The van der Waals surface area contributed by atoms with Crippen molar-refractivity contribution in [3.8, 4) is 0 Å². The Morgan fingerprint density at radius 1 is 1.62 bits per heavy atom. The highest BCUT2D eigenvalue weighted by molar-refractivity contribution is 5.01. The number of likely N-dealkylation sites (tertiary alicyclic amines) is 1. The molecule has 2 fully saturated rings. The number of ether oxygens (including phenoxy) is 1. The lowest BCUT2D eigenvalue weighted by molar-refractivity contribution is 0.180. The molecule has 2 rings (SSSR count). The Morgan fingerprint density at radius 2 is 2.38 bits per heavy atom. The standard InChI is InChI=1S/C6H11NO/c1-4-6-5(8-6)3-7(4)2/h4-6H,3H2,1-2H3. The molecule has 0 spiro atoms. The Kier molecular flexibility index (Phi) is 0.746. The molecule has 0 aromatic carbocycles. The van der Waals surface area contributed by atoms with Crippen LogP contribution in [0.5, 0.6) is 0 Å². The second-order valence-electron chi connectivity index (χ2n) is 2.82. The fraction of sp³-hybridized carbons (Fsp3) is 1.00. The molecular formula is C6H11NO. The molecule has 0 amide bonds. The number of epoxide rings is 1. The minimum Gasteiger partial charge on any atom is -0.366 e. The number of morpholine rings is 1. The van der Waals surface area contributed by atoms with E-state index in [2.05, 4.69) is 18.9 Å². The summed E-state index contributed by atoms with van der Waals surface area (Å²) in [5.74, 6) is 0. The van der Waals surface area contributed by atoms with Gasteiger partial charge in [0, 0.05) is 12.6 Å². The maximum absolute atomic E-state index is 5.29. The molecule has 2 heterocycles. The van der Waals surface area contributed by atoms with Gasteiger partial charge >= 0.3 is 0 Å². The van der Waals surface area contributed by atoms with Crippen LogP contribution in [0.1, 0.15) is 6.92 Å². The van der Waals surface area contributed by atoms with Gasteiger partial charge in [0.2, 0.25) is 0 Å². The second-order valence-corrected chi connectivity index (χ2v) is 2.82. The number of hydrogen-bond donors (Lipinski definition) is 0. The monoisotopic (exact) mass is 113 g/mol. The summed E-state index contributed by atoms with van der Waals surface area (Å²) in [6.45, 7) is 3.36. The van der Waals surface area contributed by atoms with Crippen molar-refractivity contribution in [3.63, 3.8) is 0 Å². The molecule has 0 aromatic heterocycles. The molecule has 2 nitrogen and oxygen atoms in total. The third kappa shape index (κ3) is 0.446. The summed E-state index contributed by atoms with van der Waals surface area (Å²) in [7, 11) is 2.15. The zero-order valence-corrected chi connectivity index (χ0v) is 5.29. The van der Waals surface area contributed by atoms with E-state index >= 15 is 0 Å². The molecule has 0 radical (unpaired) electrons. The van der Waals surface area contributed by atoms with E-state index in [1.807, 2.05) is 0 Å². The lowest BCUT2D eigenvalue weighted by Gasteiger charge is -2.16. The van der Waals surface area contributed by atoms with Crippen LogP contribution in [-0.2, 0) is 4.74 Å². The van der Waals surface area contributed by atoms with Gasteiger partial charge in [-0.1, -0.05) is 0 Å². The maximum Gasteiger partial charge on any atom is 0.101 e. The Hall–Kier alpha value is -0.0800. The number of fused-ring (bicyclic) bond motifs is 1. The molecule has 46 valence electrons. The van der Waals surface area contributed by atoms with Gasteiger partial charge in [-0.2, -0.15) is 0 Å². The molecule has 3 atom stereocenters. The first-order valence-corrected chi connectivity index (χ1v) is 3.15. The number of likely N-dealkylation sites (N-methyl/N-ethyl adjacent to an activating group) is 1. The molecule has 0 N–H and O–H groups in total. The Labute approximate surface area is 49.4 Å². The first-order valence-electron chi connectivity index (χ1n) is 3.15. The van der Waals surface area contributed by atoms with Crippen molar-refractivity contribution in [1.29, 1.82) is 0 Å². The van der Waals surface area contributed by atoms with E-state index in [1.54, 1.807) is 0 Å². The van der Waals surface area contributed by atoms with E-state index in [4.69, 9.17) is 4.74 Å². The van der Waals surface area contributed by atoms with E-state index in [-0.39, 0.29) is 0 Å². The third-order valence-corrected chi connectivity index (χ3v) is 2.26. The van der Waals surface area contributed by atoms with Crippen LogP contribution in [0.3, 0.4) is 0 Å². The summed E-state index contributed by atoms with van der Waals surface area (Å²) in [5.41, 5.74) is 0. The molecular weight excluding hydrogens is 102 g/mol. The maximum atomic E-state index is 5.29. The van der Waals surface area contributed by atoms with Crippen molar-refractivity contribution < 1.29 is 4.74 Å². The summed E-state index contributed by atoms with van der Waals surface area (Å²) in [6.07, 6.45) is 1.18. The topological polar surface area (TPSA) is 15.8 Å². The third-order valence-electron chi connectivity index (χ3n) is 2.26. The van der Waals surface area contributed by atoms with Crippen molar-refractivity contribution in [3.05, 3.63) is 0 Å². The summed E-state index contributed by atoms with van der Waals surface area (Å²) in [6, 6.07) is 0.667. The van der Waals surface area contributed by atoms with Crippen LogP contribution in [0, 0.1) is 0 Å². The normalized spacial score (nSPS) is 54.0.